The highest BCUT2D eigenvalue weighted by Gasteiger charge is 2.22. The maximum atomic E-state index is 11.2. The number of hydroxylamine groups is 1. The van der Waals surface area contributed by atoms with Gasteiger partial charge in [0.1, 0.15) is 0 Å². The Hall–Kier alpha value is -1.14. The van der Waals surface area contributed by atoms with Crippen LogP contribution in [-0.2, 0) is 9.59 Å². The summed E-state index contributed by atoms with van der Waals surface area (Å²) in [5, 5.41) is 8.26. The van der Waals surface area contributed by atoms with E-state index in [-0.39, 0.29) is 19.0 Å². The molecular formula is C7H13N3O3. The normalized spacial score (nSPS) is 18.9. The molecule has 1 rings (SSSR count). The van der Waals surface area contributed by atoms with Gasteiger partial charge in [0.15, 0.2) is 0 Å². The smallest absolute Gasteiger partial charge is 0.257 e. The van der Waals surface area contributed by atoms with Gasteiger partial charge in [0.05, 0.1) is 13.1 Å². The zero-order valence-corrected chi connectivity index (χ0v) is 7.49. The standard InChI is InChI=1S/C7H13N3O3/c1-9-2-3-10(5-7(9)12)4-6(11)8-13/h13H,2-5H2,1H3,(H,8,11). The third-order valence-corrected chi connectivity index (χ3v) is 2.03. The molecule has 0 radical (unpaired) electrons. The second-order valence-corrected chi connectivity index (χ2v) is 3.06. The number of carbonyl (C=O) groups is 2. The molecule has 1 aliphatic heterocycles. The van der Waals surface area contributed by atoms with Gasteiger partial charge in [-0.1, -0.05) is 0 Å². The minimum Gasteiger partial charge on any atom is -0.343 e. The summed E-state index contributed by atoms with van der Waals surface area (Å²) in [6.45, 7) is 1.59. The Morgan fingerprint density at radius 1 is 1.62 bits per heavy atom. The molecule has 0 unspecified atom stereocenters. The number of amides is 2. The number of hydrogen-bond acceptors (Lipinski definition) is 4. The van der Waals surface area contributed by atoms with Crippen molar-refractivity contribution in [2.75, 3.05) is 33.2 Å². The Morgan fingerprint density at radius 2 is 2.31 bits per heavy atom. The first-order valence-electron chi connectivity index (χ1n) is 4.02. The second kappa shape index (κ2) is 4.20. The lowest BCUT2D eigenvalue weighted by molar-refractivity contribution is -0.137. The predicted molar refractivity (Wildman–Crippen MR) is 44.0 cm³/mol. The number of carbonyl (C=O) groups excluding carboxylic acids is 2. The average molecular weight is 187 g/mol. The van der Waals surface area contributed by atoms with E-state index in [0.717, 1.165) is 0 Å². The van der Waals surface area contributed by atoms with Crippen LogP contribution < -0.4 is 5.48 Å². The van der Waals surface area contributed by atoms with Crippen LogP contribution in [0.3, 0.4) is 0 Å². The summed E-state index contributed by atoms with van der Waals surface area (Å²) in [6.07, 6.45) is 0. The first kappa shape index (κ1) is 9.94. The number of hydrogen-bond donors (Lipinski definition) is 2. The average Bonchev–Trinajstić information content (AvgIpc) is 2.11. The lowest BCUT2D eigenvalue weighted by Gasteiger charge is -2.31. The van der Waals surface area contributed by atoms with E-state index in [0.29, 0.717) is 13.1 Å². The second-order valence-electron chi connectivity index (χ2n) is 3.06. The summed E-state index contributed by atoms with van der Waals surface area (Å²) in [4.78, 5) is 25.2. The fraction of sp³-hybridized carbons (Fsp3) is 0.714. The Labute approximate surface area is 76.1 Å². The van der Waals surface area contributed by atoms with Crippen molar-refractivity contribution < 1.29 is 14.8 Å². The van der Waals surface area contributed by atoms with Crippen LogP contribution in [0.15, 0.2) is 0 Å². The zero-order chi connectivity index (χ0) is 9.84. The molecule has 74 valence electrons. The molecule has 6 nitrogen and oxygen atoms in total. The van der Waals surface area contributed by atoms with Gasteiger partial charge < -0.3 is 4.90 Å². The zero-order valence-electron chi connectivity index (χ0n) is 7.49. The third kappa shape index (κ3) is 2.67. The van der Waals surface area contributed by atoms with Gasteiger partial charge in [-0.2, -0.15) is 0 Å². The van der Waals surface area contributed by atoms with Gasteiger partial charge in [-0.3, -0.25) is 19.7 Å². The Kier molecular flexibility index (Phi) is 3.21. The van der Waals surface area contributed by atoms with Gasteiger partial charge >= 0.3 is 0 Å². The lowest BCUT2D eigenvalue weighted by Crippen LogP contribution is -2.50. The van der Waals surface area contributed by atoms with Gasteiger partial charge in [-0.15, -0.1) is 0 Å². The Bertz CT molecular complexity index is 217. The van der Waals surface area contributed by atoms with E-state index >= 15 is 0 Å². The van der Waals surface area contributed by atoms with Gasteiger partial charge in [0, 0.05) is 20.1 Å². The molecule has 1 aliphatic rings. The molecule has 0 aromatic carbocycles. The molecule has 0 spiro atoms. The lowest BCUT2D eigenvalue weighted by atomic mass is 10.3. The van der Waals surface area contributed by atoms with Crippen molar-refractivity contribution in [1.82, 2.24) is 15.3 Å². The summed E-state index contributed by atoms with van der Waals surface area (Å²) in [7, 11) is 1.73. The van der Waals surface area contributed by atoms with Crippen molar-refractivity contribution in [3.63, 3.8) is 0 Å². The van der Waals surface area contributed by atoms with Crippen molar-refractivity contribution in [1.29, 1.82) is 0 Å². The number of nitrogens with zero attached hydrogens (tertiary/aromatic N) is 2. The van der Waals surface area contributed by atoms with Crippen LogP contribution >= 0.6 is 0 Å². The summed E-state index contributed by atoms with van der Waals surface area (Å²) in [6, 6.07) is 0. The molecule has 0 aromatic heterocycles. The van der Waals surface area contributed by atoms with Crippen LogP contribution in [0.1, 0.15) is 0 Å². The van der Waals surface area contributed by atoms with E-state index < -0.39 is 5.91 Å². The fourth-order valence-electron chi connectivity index (χ4n) is 1.18. The Balaban J connectivity index is 2.37. The first-order chi connectivity index (χ1) is 6.13. The molecule has 0 aromatic rings. The predicted octanol–water partition coefficient (Wildman–Crippen LogP) is -1.73. The number of nitrogens with one attached hydrogen (secondary N) is 1. The van der Waals surface area contributed by atoms with E-state index in [2.05, 4.69) is 0 Å². The fourth-order valence-corrected chi connectivity index (χ4v) is 1.18. The van der Waals surface area contributed by atoms with Crippen LogP contribution in [0.2, 0.25) is 0 Å². The topological polar surface area (TPSA) is 72.9 Å². The van der Waals surface area contributed by atoms with Crippen LogP contribution in [0.4, 0.5) is 0 Å². The van der Waals surface area contributed by atoms with Gasteiger partial charge in [0.25, 0.3) is 5.91 Å². The monoisotopic (exact) mass is 187 g/mol. The molecule has 2 N–H and O–H groups in total. The highest BCUT2D eigenvalue weighted by atomic mass is 16.5. The SMILES string of the molecule is CN1CCN(CC(=O)NO)CC1=O. The third-order valence-electron chi connectivity index (χ3n) is 2.03. The molecule has 0 bridgehead atoms. The highest BCUT2D eigenvalue weighted by molar-refractivity contribution is 5.81. The van der Waals surface area contributed by atoms with E-state index in [4.69, 9.17) is 5.21 Å². The largest absolute Gasteiger partial charge is 0.343 e. The van der Waals surface area contributed by atoms with Crippen LogP contribution in [0.25, 0.3) is 0 Å². The summed E-state index contributed by atoms with van der Waals surface area (Å²) < 4.78 is 0. The quantitative estimate of drug-likeness (QED) is 0.398. The molecule has 1 fully saturated rings. The molecule has 13 heavy (non-hydrogen) atoms. The Morgan fingerprint density at radius 3 is 2.85 bits per heavy atom. The number of piperazine rings is 1. The van der Waals surface area contributed by atoms with Crippen molar-refractivity contribution in [3.05, 3.63) is 0 Å². The van der Waals surface area contributed by atoms with E-state index in [9.17, 15) is 9.59 Å². The van der Waals surface area contributed by atoms with E-state index in [1.54, 1.807) is 16.8 Å². The molecule has 6 heteroatoms. The molecule has 0 saturated carbocycles. The maximum Gasteiger partial charge on any atom is 0.257 e. The first-order valence-corrected chi connectivity index (χ1v) is 4.02. The molecular weight excluding hydrogens is 174 g/mol. The van der Waals surface area contributed by atoms with Crippen molar-refractivity contribution in [3.8, 4) is 0 Å². The molecule has 1 saturated heterocycles. The number of likely N-dealkylation sites (N-methyl/N-ethyl adjacent to an activating group) is 1. The summed E-state index contributed by atoms with van der Waals surface area (Å²) in [5.41, 5.74) is 1.53. The van der Waals surface area contributed by atoms with Crippen LogP contribution in [0.5, 0.6) is 0 Å². The molecule has 0 aliphatic carbocycles. The highest BCUT2D eigenvalue weighted by Crippen LogP contribution is 1.99. The van der Waals surface area contributed by atoms with Crippen molar-refractivity contribution in [2.45, 2.75) is 0 Å². The molecule has 2 amide bonds. The summed E-state index contributed by atoms with van der Waals surface area (Å²) >= 11 is 0. The summed E-state index contributed by atoms with van der Waals surface area (Å²) in [5.74, 6) is -0.491. The number of rotatable bonds is 2. The van der Waals surface area contributed by atoms with Gasteiger partial charge in [-0.05, 0) is 0 Å². The van der Waals surface area contributed by atoms with Crippen molar-refractivity contribution in [2.24, 2.45) is 0 Å². The van der Waals surface area contributed by atoms with Crippen molar-refractivity contribution >= 4 is 11.8 Å². The van der Waals surface area contributed by atoms with Crippen LogP contribution in [-0.4, -0.2) is 60.0 Å². The minimum absolute atomic E-state index is 0.00279. The maximum absolute atomic E-state index is 11.2. The van der Waals surface area contributed by atoms with Gasteiger partial charge in [-0.25, -0.2) is 5.48 Å². The minimum atomic E-state index is -0.489. The van der Waals surface area contributed by atoms with E-state index in [1.165, 1.54) is 5.48 Å². The van der Waals surface area contributed by atoms with Crippen LogP contribution in [0, 0.1) is 0 Å². The van der Waals surface area contributed by atoms with E-state index in [1.807, 2.05) is 0 Å². The van der Waals surface area contributed by atoms with Gasteiger partial charge in [0.2, 0.25) is 5.91 Å². The molecule has 0 atom stereocenters. The molecule has 1 heterocycles.